The lowest BCUT2D eigenvalue weighted by Crippen LogP contribution is -2.13. The fourth-order valence-corrected chi connectivity index (χ4v) is 3.40. The maximum atomic E-state index is 8.85. The maximum absolute atomic E-state index is 8.85. The maximum Gasteiger partial charge on any atom is 0.230 e. The van der Waals surface area contributed by atoms with Gasteiger partial charge in [0, 0.05) is 11.5 Å². The summed E-state index contributed by atoms with van der Waals surface area (Å²) in [5, 5.41) is 13.0. The van der Waals surface area contributed by atoms with Crippen LogP contribution < -0.4 is 0 Å². The lowest BCUT2D eigenvalue weighted by Gasteiger charge is -2.26. The molecule has 23 heavy (non-hydrogen) atoms. The van der Waals surface area contributed by atoms with Crippen molar-refractivity contribution in [3.05, 3.63) is 35.7 Å². The van der Waals surface area contributed by atoms with Gasteiger partial charge in [-0.3, -0.25) is 0 Å². The van der Waals surface area contributed by atoms with E-state index in [-0.39, 0.29) is 0 Å². The van der Waals surface area contributed by atoms with Gasteiger partial charge in [0.1, 0.15) is 0 Å². The summed E-state index contributed by atoms with van der Waals surface area (Å²) in [6.07, 6.45) is 8.87. The van der Waals surface area contributed by atoms with Crippen LogP contribution in [-0.4, -0.2) is 10.1 Å². The summed E-state index contributed by atoms with van der Waals surface area (Å²) in [6, 6.07) is 9.42. The molecule has 120 valence electrons. The number of benzene rings is 1. The van der Waals surface area contributed by atoms with Gasteiger partial charge >= 0.3 is 0 Å². The summed E-state index contributed by atoms with van der Waals surface area (Å²) < 4.78 is 5.51. The fraction of sp³-hybridized carbons (Fsp3) is 0.526. The highest BCUT2D eigenvalue weighted by atomic mass is 16.5. The minimum Gasteiger partial charge on any atom is -0.339 e. The zero-order valence-corrected chi connectivity index (χ0v) is 13.7. The molecule has 1 aliphatic carbocycles. The van der Waals surface area contributed by atoms with E-state index >= 15 is 0 Å². The molecule has 0 radical (unpaired) electrons. The summed E-state index contributed by atoms with van der Waals surface area (Å²) in [5.74, 6) is 2.69. The Morgan fingerprint density at radius 3 is 2.57 bits per heavy atom. The van der Waals surface area contributed by atoms with Gasteiger partial charge in [-0.1, -0.05) is 31.3 Å². The minimum atomic E-state index is 0.410. The molecule has 1 fully saturated rings. The molecule has 0 unspecified atom stereocenters. The second kappa shape index (κ2) is 7.41. The number of hydrogen-bond donors (Lipinski definition) is 0. The Morgan fingerprint density at radius 1 is 1.17 bits per heavy atom. The Bertz CT molecular complexity index is 661. The normalized spacial score (nSPS) is 21.0. The zero-order valence-electron chi connectivity index (χ0n) is 13.7. The molecule has 1 heterocycles. The third-order valence-corrected chi connectivity index (χ3v) is 4.88. The molecule has 1 saturated carbocycles. The van der Waals surface area contributed by atoms with Crippen molar-refractivity contribution in [2.75, 3.05) is 0 Å². The molecule has 0 aliphatic heterocycles. The van der Waals surface area contributed by atoms with E-state index in [1.807, 2.05) is 12.1 Å². The molecular weight excluding hydrogens is 286 g/mol. The summed E-state index contributed by atoms with van der Waals surface area (Å²) in [6.45, 7) is 2.26. The van der Waals surface area contributed by atoms with Gasteiger partial charge in [-0.05, 0) is 55.9 Å². The highest BCUT2D eigenvalue weighted by Crippen LogP contribution is 2.37. The van der Waals surface area contributed by atoms with Crippen LogP contribution in [-0.2, 0) is 0 Å². The van der Waals surface area contributed by atoms with Crippen molar-refractivity contribution in [3.63, 3.8) is 0 Å². The average Bonchev–Trinajstić information content (AvgIpc) is 3.10. The first kappa shape index (κ1) is 15.7. The predicted molar refractivity (Wildman–Crippen MR) is 88.7 cm³/mol. The largest absolute Gasteiger partial charge is 0.339 e. The highest BCUT2D eigenvalue weighted by molar-refractivity contribution is 5.55. The predicted octanol–water partition coefficient (Wildman–Crippen LogP) is 5.07. The topological polar surface area (TPSA) is 62.7 Å². The van der Waals surface area contributed by atoms with Crippen LogP contribution in [0.5, 0.6) is 0 Å². The third kappa shape index (κ3) is 3.79. The van der Waals surface area contributed by atoms with Crippen molar-refractivity contribution in [1.82, 2.24) is 10.1 Å². The fourth-order valence-electron chi connectivity index (χ4n) is 3.40. The number of hydrogen-bond acceptors (Lipinski definition) is 4. The molecule has 0 saturated heterocycles. The Kier molecular flexibility index (Phi) is 5.07. The van der Waals surface area contributed by atoms with Crippen LogP contribution in [0.1, 0.15) is 69.2 Å². The molecule has 0 spiro atoms. The first-order valence-corrected chi connectivity index (χ1v) is 8.64. The van der Waals surface area contributed by atoms with Gasteiger partial charge in [0.25, 0.3) is 0 Å². The number of unbranched alkanes of at least 4 members (excludes halogenated alkanes) is 1. The molecular formula is C19H23N3O. The standard InChI is InChI=1S/C19H23N3O/c1-2-3-4-14-5-11-17(12-6-14)19-21-18(22-23-19)16-9-7-15(13-20)8-10-16/h7-10,14,17H,2-6,11-12H2,1H3. The molecule has 0 atom stereocenters. The molecule has 1 aromatic heterocycles. The number of aromatic nitrogens is 2. The number of nitrogens with zero attached hydrogens (tertiary/aromatic N) is 3. The molecule has 3 rings (SSSR count). The van der Waals surface area contributed by atoms with Gasteiger partial charge in [0.05, 0.1) is 11.6 Å². The van der Waals surface area contributed by atoms with Crippen LogP contribution in [0.15, 0.2) is 28.8 Å². The van der Waals surface area contributed by atoms with E-state index in [2.05, 4.69) is 23.1 Å². The van der Waals surface area contributed by atoms with Gasteiger partial charge in [0.2, 0.25) is 11.7 Å². The molecule has 1 aromatic carbocycles. The summed E-state index contributed by atoms with van der Waals surface area (Å²) in [5.41, 5.74) is 1.54. The van der Waals surface area contributed by atoms with Crippen molar-refractivity contribution in [3.8, 4) is 17.5 Å². The van der Waals surface area contributed by atoms with Crippen LogP contribution in [0, 0.1) is 17.2 Å². The monoisotopic (exact) mass is 309 g/mol. The lowest BCUT2D eigenvalue weighted by atomic mass is 9.80. The molecule has 1 aliphatic rings. The minimum absolute atomic E-state index is 0.410. The van der Waals surface area contributed by atoms with E-state index < -0.39 is 0 Å². The van der Waals surface area contributed by atoms with Crippen LogP contribution in [0.2, 0.25) is 0 Å². The Balaban J connectivity index is 1.62. The van der Waals surface area contributed by atoms with Crippen molar-refractivity contribution >= 4 is 0 Å². The van der Waals surface area contributed by atoms with E-state index in [0.29, 0.717) is 17.3 Å². The SMILES string of the molecule is CCCCC1CCC(c2nc(-c3ccc(C#N)cc3)no2)CC1. The van der Waals surface area contributed by atoms with Gasteiger partial charge in [0.15, 0.2) is 0 Å². The Labute approximate surface area is 137 Å². The quantitative estimate of drug-likeness (QED) is 0.773. The third-order valence-electron chi connectivity index (χ3n) is 4.88. The molecule has 2 aromatic rings. The van der Waals surface area contributed by atoms with Crippen LogP contribution >= 0.6 is 0 Å². The van der Waals surface area contributed by atoms with E-state index in [0.717, 1.165) is 30.2 Å². The average molecular weight is 309 g/mol. The second-order valence-corrected chi connectivity index (χ2v) is 6.51. The molecule has 0 amide bonds. The Hall–Kier alpha value is -2.15. The zero-order chi connectivity index (χ0) is 16.1. The van der Waals surface area contributed by atoms with E-state index in [4.69, 9.17) is 9.78 Å². The first-order valence-electron chi connectivity index (χ1n) is 8.64. The highest BCUT2D eigenvalue weighted by Gasteiger charge is 2.26. The summed E-state index contributed by atoms with van der Waals surface area (Å²) >= 11 is 0. The number of nitriles is 1. The molecule has 4 nitrogen and oxygen atoms in total. The summed E-state index contributed by atoms with van der Waals surface area (Å²) in [4.78, 5) is 4.59. The van der Waals surface area contributed by atoms with Crippen LogP contribution in [0.4, 0.5) is 0 Å². The number of rotatable bonds is 5. The van der Waals surface area contributed by atoms with E-state index in [9.17, 15) is 0 Å². The van der Waals surface area contributed by atoms with Crippen molar-refractivity contribution in [2.24, 2.45) is 5.92 Å². The van der Waals surface area contributed by atoms with Gasteiger partial charge < -0.3 is 4.52 Å². The van der Waals surface area contributed by atoms with Gasteiger partial charge in [-0.2, -0.15) is 10.2 Å². The van der Waals surface area contributed by atoms with Crippen LogP contribution in [0.25, 0.3) is 11.4 Å². The van der Waals surface area contributed by atoms with Crippen LogP contribution in [0.3, 0.4) is 0 Å². The van der Waals surface area contributed by atoms with Gasteiger partial charge in [-0.25, -0.2) is 0 Å². The van der Waals surface area contributed by atoms with Crippen molar-refractivity contribution < 1.29 is 4.52 Å². The lowest BCUT2D eigenvalue weighted by molar-refractivity contribution is 0.260. The van der Waals surface area contributed by atoms with Gasteiger partial charge in [-0.15, -0.1) is 0 Å². The molecule has 0 bridgehead atoms. The second-order valence-electron chi connectivity index (χ2n) is 6.51. The molecule has 4 heteroatoms. The Morgan fingerprint density at radius 2 is 1.91 bits per heavy atom. The van der Waals surface area contributed by atoms with E-state index in [1.54, 1.807) is 12.1 Å². The van der Waals surface area contributed by atoms with E-state index in [1.165, 1.54) is 32.1 Å². The summed E-state index contributed by atoms with van der Waals surface area (Å²) in [7, 11) is 0. The van der Waals surface area contributed by atoms with Crippen molar-refractivity contribution in [1.29, 1.82) is 5.26 Å². The molecule has 0 N–H and O–H groups in total. The first-order chi connectivity index (χ1) is 11.3. The smallest absolute Gasteiger partial charge is 0.230 e. The van der Waals surface area contributed by atoms with Crippen molar-refractivity contribution in [2.45, 2.75) is 57.8 Å².